The average Bonchev–Trinajstić information content (AvgIpc) is 3.18. The molecule has 0 aliphatic heterocycles. The van der Waals surface area contributed by atoms with E-state index in [9.17, 15) is 14.0 Å². The Morgan fingerprint density at radius 3 is 2.55 bits per heavy atom. The number of aryl methyl sites for hydroxylation is 1. The van der Waals surface area contributed by atoms with E-state index in [1.807, 2.05) is 45.0 Å². The molecule has 31 heavy (non-hydrogen) atoms. The van der Waals surface area contributed by atoms with E-state index in [4.69, 9.17) is 4.74 Å². The Labute approximate surface area is 182 Å². The quantitative estimate of drug-likeness (QED) is 0.343. The second kappa shape index (κ2) is 8.05. The van der Waals surface area contributed by atoms with Crippen molar-refractivity contribution >= 4 is 22.8 Å². The number of nitrogens with zero attached hydrogens (tertiary/aromatic N) is 2. The number of hydrogen-bond donors (Lipinski definition) is 1. The number of halogens is 2. The fraction of sp³-hybridized carbons (Fsp3) is 0.167. The van der Waals surface area contributed by atoms with Crippen LogP contribution in [0.5, 0.6) is 11.5 Å². The number of fused-ring (bicyclic) bond motifs is 1. The van der Waals surface area contributed by atoms with E-state index < -0.39 is 16.4 Å². The standard InChI is InChI=1S/C24H19F2N3OS/c1-14-10-18(17-8-9-28-23(17)29-14)19-12-16(31-24(2,3)13-27)5-7-21(19)30-22-6-4-15(25)11-20(22)26/h4-12H,1-3H3,(H,28,29). The molecule has 0 atom stereocenters. The smallest absolute Gasteiger partial charge is 0.168 e. The Kier molecular flexibility index (Phi) is 5.42. The van der Waals surface area contributed by atoms with Gasteiger partial charge in [-0.25, -0.2) is 13.8 Å². The van der Waals surface area contributed by atoms with Gasteiger partial charge in [0, 0.05) is 33.8 Å². The van der Waals surface area contributed by atoms with Crippen molar-refractivity contribution in [2.75, 3.05) is 0 Å². The molecular formula is C24H19F2N3OS. The van der Waals surface area contributed by atoms with Crippen molar-refractivity contribution in [1.82, 2.24) is 9.97 Å². The first kappa shape index (κ1) is 20.9. The molecule has 0 aliphatic rings. The summed E-state index contributed by atoms with van der Waals surface area (Å²) in [5, 5.41) is 10.3. The summed E-state index contributed by atoms with van der Waals surface area (Å²) in [6.07, 6.45) is 1.80. The highest BCUT2D eigenvalue weighted by molar-refractivity contribution is 8.00. The number of aromatic amines is 1. The summed E-state index contributed by atoms with van der Waals surface area (Å²) in [6, 6.07) is 14.8. The first-order chi connectivity index (χ1) is 14.8. The van der Waals surface area contributed by atoms with Crippen LogP contribution in [0.15, 0.2) is 59.6 Å². The number of thioether (sulfide) groups is 1. The Hall–Kier alpha value is -3.37. The minimum absolute atomic E-state index is 0.0727. The molecule has 7 heteroatoms. The monoisotopic (exact) mass is 435 g/mol. The van der Waals surface area contributed by atoms with Crippen LogP contribution in [0.1, 0.15) is 19.5 Å². The molecule has 0 spiro atoms. The lowest BCUT2D eigenvalue weighted by atomic mass is 10.0. The molecule has 0 bridgehead atoms. The number of ether oxygens (including phenoxy) is 1. The third kappa shape index (κ3) is 4.39. The highest BCUT2D eigenvalue weighted by Gasteiger charge is 2.21. The summed E-state index contributed by atoms with van der Waals surface area (Å²) in [4.78, 5) is 8.49. The van der Waals surface area contributed by atoms with Gasteiger partial charge in [-0.1, -0.05) is 0 Å². The van der Waals surface area contributed by atoms with E-state index in [0.717, 1.165) is 44.9 Å². The summed E-state index contributed by atoms with van der Waals surface area (Å²) in [5.41, 5.74) is 3.11. The van der Waals surface area contributed by atoms with E-state index in [-0.39, 0.29) is 5.75 Å². The molecule has 0 saturated carbocycles. The van der Waals surface area contributed by atoms with Gasteiger partial charge in [0.1, 0.15) is 22.0 Å². The van der Waals surface area contributed by atoms with Gasteiger partial charge in [-0.2, -0.15) is 5.26 Å². The summed E-state index contributed by atoms with van der Waals surface area (Å²) >= 11 is 1.42. The van der Waals surface area contributed by atoms with Gasteiger partial charge in [-0.15, -0.1) is 11.8 Å². The third-order valence-electron chi connectivity index (χ3n) is 4.65. The summed E-state index contributed by atoms with van der Waals surface area (Å²) in [5.74, 6) is -1.11. The molecule has 2 heterocycles. The molecule has 0 saturated heterocycles. The molecule has 2 aromatic carbocycles. The van der Waals surface area contributed by atoms with Crippen LogP contribution in [0.3, 0.4) is 0 Å². The van der Waals surface area contributed by atoms with Gasteiger partial charge in [0.25, 0.3) is 0 Å². The zero-order valence-corrected chi connectivity index (χ0v) is 18.0. The average molecular weight is 435 g/mol. The van der Waals surface area contributed by atoms with Crippen molar-refractivity contribution < 1.29 is 13.5 Å². The van der Waals surface area contributed by atoms with Crippen molar-refractivity contribution in [3.05, 3.63) is 72.1 Å². The predicted octanol–water partition coefficient (Wildman–Crippen LogP) is 7.00. The van der Waals surface area contributed by atoms with E-state index in [2.05, 4.69) is 16.0 Å². The van der Waals surface area contributed by atoms with Crippen LogP contribution in [0.2, 0.25) is 0 Å². The molecule has 0 fully saturated rings. The number of nitrogens with one attached hydrogen (secondary N) is 1. The molecular weight excluding hydrogens is 416 g/mol. The topological polar surface area (TPSA) is 61.7 Å². The number of nitriles is 1. The fourth-order valence-electron chi connectivity index (χ4n) is 3.25. The molecule has 0 radical (unpaired) electrons. The van der Waals surface area contributed by atoms with Gasteiger partial charge >= 0.3 is 0 Å². The lowest BCUT2D eigenvalue weighted by Crippen LogP contribution is -2.09. The first-order valence-corrected chi connectivity index (χ1v) is 10.4. The van der Waals surface area contributed by atoms with Crippen LogP contribution >= 0.6 is 11.8 Å². The highest BCUT2D eigenvalue weighted by Crippen LogP contribution is 2.42. The van der Waals surface area contributed by atoms with Crippen molar-refractivity contribution in [1.29, 1.82) is 5.26 Å². The second-order valence-electron chi connectivity index (χ2n) is 7.61. The van der Waals surface area contributed by atoms with E-state index >= 15 is 0 Å². The minimum Gasteiger partial charge on any atom is -0.454 e. The number of benzene rings is 2. The predicted molar refractivity (Wildman–Crippen MR) is 118 cm³/mol. The number of H-pyrrole nitrogens is 1. The Morgan fingerprint density at radius 2 is 1.81 bits per heavy atom. The summed E-state index contributed by atoms with van der Waals surface area (Å²) < 4.78 is 32.8. The molecule has 156 valence electrons. The van der Waals surface area contributed by atoms with Crippen LogP contribution in [0.4, 0.5) is 8.78 Å². The molecule has 0 aliphatic carbocycles. The molecule has 1 N–H and O–H groups in total. The Morgan fingerprint density at radius 1 is 1.03 bits per heavy atom. The van der Waals surface area contributed by atoms with Crippen LogP contribution < -0.4 is 4.74 Å². The number of rotatable bonds is 5. The lowest BCUT2D eigenvalue weighted by Gasteiger charge is -2.18. The van der Waals surface area contributed by atoms with Gasteiger partial charge in [-0.05, 0) is 68.8 Å². The van der Waals surface area contributed by atoms with Crippen LogP contribution in [-0.2, 0) is 0 Å². The minimum atomic E-state index is -0.785. The summed E-state index contributed by atoms with van der Waals surface area (Å²) in [7, 11) is 0. The van der Waals surface area contributed by atoms with Crippen LogP contribution in [0, 0.1) is 29.9 Å². The molecule has 0 unspecified atom stereocenters. The molecule has 2 aromatic heterocycles. The number of pyridine rings is 1. The van der Waals surface area contributed by atoms with E-state index in [1.165, 1.54) is 17.8 Å². The maximum atomic E-state index is 14.3. The zero-order chi connectivity index (χ0) is 22.2. The first-order valence-electron chi connectivity index (χ1n) is 9.58. The number of hydrogen-bond acceptors (Lipinski definition) is 4. The van der Waals surface area contributed by atoms with E-state index in [1.54, 1.807) is 12.3 Å². The number of aromatic nitrogens is 2. The van der Waals surface area contributed by atoms with Gasteiger partial charge in [0.05, 0.1) is 6.07 Å². The molecule has 4 nitrogen and oxygen atoms in total. The van der Waals surface area contributed by atoms with E-state index in [0.29, 0.717) is 5.75 Å². The van der Waals surface area contributed by atoms with Crippen molar-refractivity contribution in [3.63, 3.8) is 0 Å². The summed E-state index contributed by atoms with van der Waals surface area (Å²) in [6.45, 7) is 5.58. The Bertz CT molecular complexity index is 1320. The highest BCUT2D eigenvalue weighted by atomic mass is 32.2. The molecule has 4 rings (SSSR count). The maximum absolute atomic E-state index is 14.3. The SMILES string of the molecule is Cc1cc(-c2cc(SC(C)(C)C#N)ccc2Oc2ccc(F)cc2F)c2cc[nH]c2n1. The normalized spacial score (nSPS) is 11.5. The van der Waals surface area contributed by atoms with Gasteiger partial charge in [0.15, 0.2) is 11.6 Å². The molecule has 0 amide bonds. The van der Waals surface area contributed by atoms with Gasteiger partial charge in [-0.3, -0.25) is 0 Å². The van der Waals surface area contributed by atoms with Crippen molar-refractivity contribution in [2.24, 2.45) is 0 Å². The van der Waals surface area contributed by atoms with Crippen LogP contribution in [-0.4, -0.2) is 14.7 Å². The third-order valence-corrected chi connectivity index (χ3v) is 5.75. The largest absolute Gasteiger partial charge is 0.454 e. The zero-order valence-electron chi connectivity index (χ0n) is 17.2. The molecule has 4 aromatic rings. The van der Waals surface area contributed by atoms with Crippen molar-refractivity contribution in [2.45, 2.75) is 30.4 Å². The van der Waals surface area contributed by atoms with Crippen LogP contribution in [0.25, 0.3) is 22.2 Å². The van der Waals surface area contributed by atoms with Crippen molar-refractivity contribution in [3.8, 4) is 28.7 Å². The lowest BCUT2D eigenvalue weighted by molar-refractivity contribution is 0.439. The van der Waals surface area contributed by atoms with Gasteiger partial charge in [0.2, 0.25) is 0 Å². The Balaban J connectivity index is 1.88. The maximum Gasteiger partial charge on any atom is 0.168 e. The fourth-order valence-corrected chi connectivity index (χ4v) is 4.20. The second-order valence-corrected chi connectivity index (χ2v) is 9.31. The van der Waals surface area contributed by atoms with Gasteiger partial charge < -0.3 is 9.72 Å².